The van der Waals surface area contributed by atoms with Gasteiger partial charge in [-0.1, -0.05) is 31.5 Å². The van der Waals surface area contributed by atoms with E-state index in [1.165, 1.54) is 13.2 Å². The molecule has 33 heavy (non-hydrogen) atoms. The van der Waals surface area contributed by atoms with Crippen LogP contribution in [0.2, 0.25) is 0 Å². The van der Waals surface area contributed by atoms with E-state index in [2.05, 4.69) is 5.32 Å². The van der Waals surface area contributed by atoms with Crippen LogP contribution in [-0.2, 0) is 23.9 Å². The molecule has 1 aromatic carbocycles. The Labute approximate surface area is 193 Å². The van der Waals surface area contributed by atoms with Gasteiger partial charge in [-0.25, -0.2) is 9.18 Å². The van der Waals surface area contributed by atoms with Crippen molar-refractivity contribution >= 4 is 17.7 Å². The number of hydrogen-bond acceptors (Lipinski definition) is 6. The van der Waals surface area contributed by atoms with Gasteiger partial charge in [0.05, 0.1) is 18.6 Å². The summed E-state index contributed by atoms with van der Waals surface area (Å²) in [6.45, 7) is 3.56. The highest BCUT2D eigenvalue weighted by Gasteiger charge is 2.48. The van der Waals surface area contributed by atoms with Crippen molar-refractivity contribution in [1.82, 2.24) is 5.32 Å². The highest BCUT2D eigenvalue weighted by Crippen LogP contribution is 2.46. The molecule has 7 heteroatoms. The Hall–Kier alpha value is -2.96. The fourth-order valence-corrected chi connectivity index (χ4v) is 5.37. The van der Waals surface area contributed by atoms with Crippen molar-refractivity contribution in [2.24, 2.45) is 11.8 Å². The minimum Gasteiger partial charge on any atom is -0.468 e. The zero-order valence-corrected chi connectivity index (χ0v) is 19.3. The number of esters is 2. The lowest BCUT2D eigenvalue weighted by Gasteiger charge is -2.38. The molecule has 0 aromatic heterocycles. The zero-order chi connectivity index (χ0) is 23.7. The summed E-state index contributed by atoms with van der Waals surface area (Å²) in [5.74, 6) is -4.37. The van der Waals surface area contributed by atoms with Gasteiger partial charge in [0, 0.05) is 22.5 Å². The van der Waals surface area contributed by atoms with E-state index in [9.17, 15) is 14.4 Å². The van der Waals surface area contributed by atoms with Gasteiger partial charge in [-0.05, 0) is 51.0 Å². The Bertz CT molecular complexity index is 1040. The number of ketones is 1. The van der Waals surface area contributed by atoms with Crippen molar-refractivity contribution in [3.05, 3.63) is 58.2 Å². The maximum absolute atomic E-state index is 15.1. The molecule has 0 unspecified atom stereocenters. The number of carbonyl (C=O) groups is 3. The van der Waals surface area contributed by atoms with Gasteiger partial charge in [-0.2, -0.15) is 0 Å². The molecule has 1 aliphatic heterocycles. The number of allylic oxidation sites excluding steroid dienone is 3. The number of Topliss-reactive ketones (excluding diaryl/α,β-unsaturated/α-hetero) is 1. The van der Waals surface area contributed by atoms with Crippen molar-refractivity contribution in [2.45, 2.75) is 64.4 Å². The Morgan fingerprint density at radius 2 is 1.82 bits per heavy atom. The van der Waals surface area contributed by atoms with E-state index >= 15 is 4.39 Å². The van der Waals surface area contributed by atoms with Crippen molar-refractivity contribution in [1.29, 1.82) is 0 Å². The molecule has 1 heterocycles. The molecule has 0 saturated heterocycles. The van der Waals surface area contributed by atoms with Gasteiger partial charge in [0.2, 0.25) is 0 Å². The fourth-order valence-electron chi connectivity index (χ4n) is 5.37. The molecule has 3 atom stereocenters. The molecule has 0 radical (unpaired) electrons. The number of hydrogen-bond donors (Lipinski definition) is 1. The van der Waals surface area contributed by atoms with Crippen molar-refractivity contribution in [3.63, 3.8) is 0 Å². The first kappa shape index (κ1) is 23.2. The van der Waals surface area contributed by atoms with Crippen LogP contribution in [0.15, 0.2) is 46.8 Å². The Morgan fingerprint density at radius 1 is 1.12 bits per heavy atom. The molecule has 1 aromatic rings. The molecule has 0 spiro atoms. The third-order valence-corrected chi connectivity index (χ3v) is 7.01. The van der Waals surface area contributed by atoms with Crippen LogP contribution in [0.25, 0.3) is 0 Å². The average molecular weight is 456 g/mol. The summed E-state index contributed by atoms with van der Waals surface area (Å²) in [6.07, 6.45) is 4.93. The number of benzene rings is 1. The minimum atomic E-state index is -1.00. The predicted molar refractivity (Wildman–Crippen MR) is 119 cm³/mol. The van der Waals surface area contributed by atoms with Crippen LogP contribution in [0.3, 0.4) is 0 Å². The lowest BCUT2D eigenvalue weighted by Crippen LogP contribution is -2.43. The molecule has 3 aliphatic rings. The Balaban J connectivity index is 1.80. The van der Waals surface area contributed by atoms with Gasteiger partial charge >= 0.3 is 11.9 Å². The molecule has 0 bridgehead atoms. The monoisotopic (exact) mass is 455 g/mol. The third kappa shape index (κ3) is 4.33. The van der Waals surface area contributed by atoms with Crippen LogP contribution in [-0.4, -0.2) is 30.9 Å². The number of dihydropyridines is 1. The number of nitrogens with one attached hydrogen (secondary N) is 1. The van der Waals surface area contributed by atoms with Crippen LogP contribution in [0.4, 0.5) is 4.39 Å². The summed E-state index contributed by atoms with van der Waals surface area (Å²) in [7, 11) is 1.25. The molecule has 1 fully saturated rings. The molecule has 1 saturated carbocycles. The lowest BCUT2D eigenvalue weighted by atomic mass is 9.69. The summed E-state index contributed by atoms with van der Waals surface area (Å²) >= 11 is 0. The van der Waals surface area contributed by atoms with E-state index in [1.807, 2.05) is 6.92 Å². The summed E-state index contributed by atoms with van der Waals surface area (Å²) in [5.41, 5.74) is 1.84. The van der Waals surface area contributed by atoms with Crippen molar-refractivity contribution in [3.8, 4) is 0 Å². The van der Waals surface area contributed by atoms with Crippen LogP contribution < -0.4 is 5.32 Å². The van der Waals surface area contributed by atoms with Crippen molar-refractivity contribution in [2.75, 3.05) is 7.11 Å². The smallest absolute Gasteiger partial charge is 0.337 e. The molecule has 4 rings (SSSR count). The standard InChI is InChI=1S/C26H30FNO5/c1-14-13-19-23(24(29)20(14)25(30)32-3)22(17-11-7-8-12-18(17)27)21(15(2)28-19)26(31)33-16-9-5-4-6-10-16/h7-8,11-12,14,16,20,22,28H,4-6,9-10,13H2,1-3H3/t14-,20-,22-/m0/s1. The molecule has 2 aliphatic carbocycles. The molecular weight excluding hydrogens is 425 g/mol. The van der Waals surface area contributed by atoms with Crippen LogP contribution in [0.5, 0.6) is 0 Å². The second kappa shape index (κ2) is 9.49. The number of methoxy groups -OCH3 is 1. The largest absolute Gasteiger partial charge is 0.468 e. The SMILES string of the molecule is COC(=O)[C@@H]1C(=O)C2=C(C[C@@H]1C)NC(C)=C(C(=O)OC1CCCCC1)[C@@H]2c1ccccc1F. The summed E-state index contributed by atoms with van der Waals surface area (Å²) in [6, 6.07) is 6.13. The van der Waals surface area contributed by atoms with Gasteiger partial charge in [0.1, 0.15) is 17.8 Å². The molecular formula is C26H30FNO5. The normalized spacial score (nSPS) is 25.9. The number of carbonyl (C=O) groups excluding carboxylic acids is 3. The maximum atomic E-state index is 15.1. The quantitative estimate of drug-likeness (QED) is 0.538. The highest BCUT2D eigenvalue weighted by atomic mass is 19.1. The van der Waals surface area contributed by atoms with Gasteiger partial charge in [-0.3, -0.25) is 9.59 Å². The van der Waals surface area contributed by atoms with Crippen LogP contribution in [0.1, 0.15) is 63.9 Å². The maximum Gasteiger partial charge on any atom is 0.337 e. The summed E-state index contributed by atoms with van der Waals surface area (Å²) < 4.78 is 25.8. The van der Waals surface area contributed by atoms with E-state index in [0.29, 0.717) is 17.8 Å². The first-order valence-corrected chi connectivity index (χ1v) is 11.6. The summed E-state index contributed by atoms with van der Waals surface area (Å²) in [4.78, 5) is 39.5. The first-order chi connectivity index (χ1) is 15.8. The number of rotatable bonds is 4. The topological polar surface area (TPSA) is 81.7 Å². The van der Waals surface area contributed by atoms with Crippen LogP contribution >= 0.6 is 0 Å². The first-order valence-electron chi connectivity index (χ1n) is 11.6. The molecule has 6 nitrogen and oxygen atoms in total. The highest BCUT2D eigenvalue weighted by molar-refractivity contribution is 6.12. The lowest BCUT2D eigenvalue weighted by molar-refractivity contribution is -0.151. The molecule has 1 N–H and O–H groups in total. The van der Waals surface area contributed by atoms with Gasteiger partial charge < -0.3 is 14.8 Å². The Kier molecular flexibility index (Phi) is 6.68. The van der Waals surface area contributed by atoms with Gasteiger partial charge in [-0.15, -0.1) is 0 Å². The predicted octanol–water partition coefficient (Wildman–Crippen LogP) is 4.31. The van der Waals surface area contributed by atoms with E-state index < -0.39 is 35.4 Å². The number of halogens is 1. The average Bonchev–Trinajstić information content (AvgIpc) is 2.79. The van der Waals surface area contributed by atoms with E-state index in [4.69, 9.17) is 9.47 Å². The van der Waals surface area contributed by atoms with E-state index in [0.717, 1.165) is 32.1 Å². The second-order valence-electron chi connectivity index (χ2n) is 9.22. The molecule has 0 amide bonds. The number of ether oxygens (including phenoxy) is 2. The van der Waals surface area contributed by atoms with Gasteiger partial charge in [0.25, 0.3) is 0 Å². The second-order valence-corrected chi connectivity index (χ2v) is 9.22. The fraction of sp³-hybridized carbons (Fsp3) is 0.500. The third-order valence-electron chi connectivity index (χ3n) is 7.01. The Morgan fingerprint density at radius 3 is 2.48 bits per heavy atom. The zero-order valence-electron chi connectivity index (χ0n) is 19.3. The molecule has 176 valence electrons. The van der Waals surface area contributed by atoms with Crippen molar-refractivity contribution < 1.29 is 28.2 Å². The van der Waals surface area contributed by atoms with E-state index in [-0.39, 0.29) is 28.7 Å². The summed E-state index contributed by atoms with van der Waals surface area (Å²) in [5, 5.41) is 3.21. The minimum absolute atomic E-state index is 0.187. The van der Waals surface area contributed by atoms with Crippen LogP contribution in [0, 0.1) is 17.7 Å². The van der Waals surface area contributed by atoms with E-state index in [1.54, 1.807) is 25.1 Å². The van der Waals surface area contributed by atoms with Gasteiger partial charge in [0.15, 0.2) is 5.78 Å².